The highest BCUT2D eigenvalue weighted by molar-refractivity contribution is 6.05. The summed E-state index contributed by atoms with van der Waals surface area (Å²) >= 11 is 0. The molecule has 2 N–H and O–H groups in total. The number of amides is 3. The number of carbonyl (C=O) groups is 3. The summed E-state index contributed by atoms with van der Waals surface area (Å²) in [6.45, 7) is 2.57. The molecule has 0 saturated carbocycles. The van der Waals surface area contributed by atoms with Crippen LogP contribution in [0.15, 0.2) is 42.5 Å². The Morgan fingerprint density at radius 2 is 1.81 bits per heavy atom. The average molecular weight is 434 g/mol. The van der Waals surface area contributed by atoms with Gasteiger partial charge in [0.25, 0.3) is 5.91 Å². The molecule has 1 atom stereocenters. The smallest absolute Gasteiger partial charge is 0.256 e. The molecule has 2 fully saturated rings. The van der Waals surface area contributed by atoms with Gasteiger partial charge in [0.1, 0.15) is 11.6 Å². The second-order valence-electron chi connectivity index (χ2n) is 8.88. The first-order chi connectivity index (χ1) is 15.4. The summed E-state index contributed by atoms with van der Waals surface area (Å²) in [7, 11) is 0. The van der Waals surface area contributed by atoms with E-state index >= 15 is 0 Å². The Labute approximate surface area is 186 Å². The largest absolute Gasteiger partial charge is 0.383 e. The zero-order valence-electron chi connectivity index (χ0n) is 17.8. The molecule has 0 aliphatic carbocycles. The number of hydrogen-bond acceptors (Lipinski definition) is 6. The van der Waals surface area contributed by atoms with Crippen LogP contribution in [0.1, 0.15) is 53.0 Å². The quantitative estimate of drug-likeness (QED) is 0.704. The van der Waals surface area contributed by atoms with Gasteiger partial charge in [-0.05, 0) is 37.0 Å². The van der Waals surface area contributed by atoms with E-state index in [0.717, 1.165) is 19.6 Å². The first kappa shape index (κ1) is 20.8. The Morgan fingerprint density at radius 1 is 1.06 bits per heavy atom. The summed E-state index contributed by atoms with van der Waals surface area (Å²) in [6, 6.07) is 13.1. The molecule has 0 unspecified atom stereocenters. The number of aliphatic hydroxyl groups is 1. The molecular formula is C24H26N4O4. The highest BCUT2D eigenvalue weighted by Gasteiger charge is 2.41. The fourth-order valence-electron chi connectivity index (χ4n) is 4.87. The molecular weight excluding hydrogens is 408 g/mol. The number of likely N-dealkylation sites (tertiary alicyclic amines) is 1. The number of nitrogens with zero attached hydrogens (tertiary/aromatic N) is 3. The minimum Gasteiger partial charge on any atom is -0.383 e. The van der Waals surface area contributed by atoms with Gasteiger partial charge in [-0.2, -0.15) is 0 Å². The van der Waals surface area contributed by atoms with Crippen molar-refractivity contribution in [3.63, 3.8) is 0 Å². The van der Waals surface area contributed by atoms with Crippen LogP contribution in [-0.2, 0) is 28.3 Å². The van der Waals surface area contributed by atoms with Crippen molar-refractivity contribution in [3.05, 3.63) is 65.0 Å². The van der Waals surface area contributed by atoms with Crippen molar-refractivity contribution in [3.8, 4) is 0 Å². The van der Waals surface area contributed by atoms with Crippen molar-refractivity contribution >= 4 is 17.7 Å². The number of fused-ring (bicyclic) bond motifs is 1. The predicted molar refractivity (Wildman–Crippen MR) is 115 cm³/mol. The molecule has 32 heavy (non-hydrogen) atoms. The predicted octanol–water partition coefficient (Wildman–Crippen LogP) is 1.33. The number of pyridine rings is 1. The molecule has 8 heteroatoms. The number of carbonyl (C=O) groups excluding carboxylic acids is 3. The number of piperidine rings is 2. The zero-order chi connectivity index (χ0) is 22.3. The molecule has 0 bridgehead atoms. The van der Waals surface area contributed by atoms with E-state index in [2.05, 4.69) is 27.3 Å². The van der Waals surface area contributed by atoms with Crippen molar-refractivity contribution < 1.29 is 19.5 Å². The second-order valence-corrected chi connectivity index (χ2v) is 8.88. The summed E-state index contributed by atoms with van der Waals surface area (Å²) in [4.78, 5) is 45.0. The van der Waals surface area contributed by atoms with E-state index in [4.69, 9.17) is 0 Å². The van der Waals surface area contributed by atoms with Crippen LogP contribution in [0.25, 0.3) is 0 Å². The molecule has 1 aromatic heterocycles. The number of aromatic nitrogens is 1. The van der Waals surface area contributed by atoms with E-state index in [1.165, 1.54) is 10.5 Å². The van der Waals surface area contributed by atoms with Gasteiger partial charge in [0, 0.05) is 26.1 Å². The molecule has 5 rings (SSSR count). The van der Waals surface area contributed by atoms with Crippen LogP contribution in [-0.4, -0.2) is 56.7 Å². The first-order valence-corrected chi connectivity index (χ1v) is 11.1. The van der Waals surface area contributed by atoms with Gasteiger partial charge >= 0.3 is 0 Å². The molecule has 2 saturated heterocycles. The van der Waals surface area contributed by atoms with Crippen LogP contribution < -0.4 is 5.32 Å². The third-order valence-corrected chi connectivity index (χ3v) is 6.78. The highest BCUT2D eigenvalue weighted by Crippen LogP contribution is 2.34. The number of imide groups is 1. The van der Waals surface area contributed by atoms with Gasteiger partial charge in [-0.25, -0.2) is 0 Å². The van der Waals surface area contributed by atoms with Crippen LogP contribution in [0.4, 0.5) is 0 Å². The Morgan fingerprint density at radius 3 is 2.53 bits per heavy atom. The first-order valence-electron chi connectivity index (χ1n) is 11.1. The van der Waals surface area contributed by atoms with Crippen LogP contribution in [0.2, 0.25) is 0 Å². The molecule has 3 aliphatic rings. The molecule has 4 heterocycles. The highest BCUT2D eigenvalue weighted by atomic mass is 16.3. The van der Waals surface area contributed by atoms with Crippen LogP contribution in [0.3, 0.4) is 0 Å². The van der Waals surface area contributed by atoms with Gasteiger partial charge in [0.15, 0.2) is 0 Å². The van der Waals surface area contributed by atoms with Gasteiger partial charge in [-0.1, -0.05) is 30.3 Å². The van der Waals surface area contributed by atoms with E-state index in [0.29, 0.717) is 36.2 Å². The molecule has 3 amide bonds. The number of hydrogen-bond donors (Lipinski definition) is 2. The summed E-state index contributed by atoms with van der Waals surface area (Å²) in [5.74, 6) is -0.998. The van der Waals surface area contributed by atoms with Crippen LogP contribution >= 0.6 is 0 Å². The number of nitrogens with one attached hydrogen (secondary N) is 1. The Kier molecular flexibility index (Phi) is 5.27. The molecule has 8 nitrogen and oxygen atoms in total. The number of benzene rings is 1. The van der Waals surface area contributed by atoms with E-state index < -0.39 is 17.6 Å². The van der Waals surface area contributed by atoms with Crippen molar-refractivity contribution in [2.75, 3.05) is 13.1 Å². The van der Waals surface area contributed by atoms with Crippen molar-refractivity contribution in [1.29, 1.82) is 0 Å². The standard InChI is InChI=1S/C24H26N4O4/c29-21-9-7-19(22(30)26-21)28-15-18-17(23(28)31)6-8-20(25-18)24(32)10-12-27(13-11-24)14-16-4-2-1-3-5-16/h1-6,8,19,32H,7,9-15H2,(H,26,29,30)/t19-/m0/s1. The molecule has 0 radical (unpaired) electrons. The lowest BCUT2D eigenvalue weighted by atomic mass is 9.87. The summed E-state index contributed by atoms with van der Waals surface area (Å²) in [5.41, 5.74) is 1.84. The monoisotopic (exact) mass is 434 g/mol. The maximum atomic E-state index is 12.9. The van der Waals surface area contributed by atoms with E-state index in [1.807, 2.05) is 18.2 Å². The lowest BCUT2D eigenvalue weighted by molar-refractivity contribution is -0.136. The SMILES string of the molecule is O=C1CC[C@H](N2Cc3nc(C4(O)CCN(Cc5ccccc5)CC4)ccc3C2=O)C(=O)N1. The van der Waals surface area contributed by atoms with E-state index in [1.54, 1.807) is 12.1 Å². The fraction of sp³-hybridized carbons (Fsp3) is 0.417. The second kappa shape index (κ2) is 8.11. The van der Waals surface area contributed by atoms with Crippen molar-refractivity contribution in [1.82, 2.24) is 20.1 Å². The third-order valence-electron chi connectivity index (χ3n) is 6.78. The van der Waals surface area contributed by atoms with Gasteiger partial charge in [0.05, 0.1) is 23.5 Å². The minimum absolute atomic E-state index is 0.213. The normalized spacial score (nSPS) is 23.2. The van der Waals surface area contributed by atoms with E-state index in [-0.39, 0.29) is 24.8 Å². The maximum Gasteiger partial charge on any atom is 0.256 e. The van der Waals surface area contributed by atoms with Crippen molar-refractivity contribution in [2.24, 2.45) is 0 Å². The number of rotatable bonds is 4. The Hall–Kier alpha value is -3.10. The molecule has 1 aromatic carbocycles. The summed E-state index contributed by atoms with van der Waals surface area (Å²) in [6.07, 6.45) is 1.67. The third kappa shape index (κ3) is 3.80. The van der Waals surface area contributed by atoms with Gasteiger partial charge < -0.3 is 10.0 Å². The van der Waals surface area contributed by atoms with Gasteiger partial charge in [0.2, 0.25) is 11.8 Å². The van der Waals surface area contributed by atoms with Gasteiger partial charge in [-0.15, -0.1) is 0 Å². The van der Waals surface area contributed by atoms with Crippen LogP contribution in [0, 0.1) is 0 Å². The maximum absolute atomic E-state index is 12.9. The van der Waals surface area contributed by atoms with Gasteiger partial charge in [-0.3, -0.25) is 29.6 Å². The Bertz CT molecular complexity index is 1060. The topological polar surface area (TPSA) is 103 Å². The van der Waals surface area contributed by atoms with Crippen molar-refractivity contribution in [2.45, 2.75) is 50.4 Å². The molecule has 166 valence electrons. The molecule has 2 aromatic rings. The summed E-state index contributed by atoms with van der Waals surface area (Å²) < 4.78 is 0. The average Bonchev–Trinajstić information content (AvgIpc) is 3.12. The lowest BCUT2D eigenvalue weighted by Gasteiger charge is -2.38. The lowest BCUT2D eigenvalue weighted by Crippen LogP contribution is -2.52. The van der Waals surface area contributed by atoms with E-state index in [9.17, 15) is 19.5 Å². The molecule has 3 aliphatic heterocycles. The zero-order valence-corrected chi connectivity index (χ0v) is 17.8. The minimum atomic E-state index is -1.03. The molecule has 0 spiro atoms. The Balaban J connectivity index is 1.28. The van der Waals surface area contributed by atoms with Crippen LogP contribution in [0.5, 0.6) is 0 Å². The summed E-state index contributed by atoms with van der Waals surface area (Å²) in [5, 5.41) is 13.6. The fourth-order valence-corrected chi connectivity index (χ4v) is 4.87.